The van der Waals surface area contributed by atoms with Crippen LogP contribution in [0, 0.1) is 5.92 Å². The van der Waals surface area contributed by atoms with E-state index in [9.17, 15) is 23.1 Å². The fourth-order valence-corrected chi connectivity index (χ4v) is 6.26. The lowest BCUT2D eigenvalue weighted by molar-refractivity contribution is -0.137. The van der Waals surface area contributed by atoms with Crippen molar-refractivity contribution in [3.8, 4) is 5.75 Å². The van der Waals surface area contributed by atoms with Crippen LogP contribution >= 0.6 is 15.9 Å². The van der Waals surface area contributed by atoms with Gasteiger partial charge in [0.1, 0.15) is 17.9 Å². The average molecular weight is 648 g/mol. The van der Waals surface area contributed by atoms with Crippen LogP contribution in [0.3, 0.4) is 0 Å². The number of nitrogens with zero attached hydrogens (tertiary/aromatic N) is 4. The molecular formula is C31H34BrF3N4O3. The second kappa shape index (κ2) is 12.2. The van der Waals surface area contributed by atoms with Crippen molar-refractivity contribution >= 4 is 38.5 Å². The van der Waals surface area contributed by atoms with E-state index in [4.69, 9.17) is 4.84 Å². The number of aromatic nitrogens is 1. The van der Waals surface area contributed by atoms with Gasteiger partial charge in [0.15, 0.2) is 0 Å². The number of oxime groups is 1. The number of amides is 1. The highest BCUT2D eigenvalue weighted by Gasteiger charge is 2.40. The Balaban J connectivity index is 1.22. The lowest BCUT2D eigenvalue weighted by atomic mass is 9.82. The van der Waals surface area contributed by atoms with E-state index in [2.05, 4.69) is 50.0 Å². The number of halogens is 4. The topological polar surface area (TPSA) is 78.3 Å². The van der Waals surface area contributed by atoms with Gasteiger partial charge in [-0.2, -0.15) is 13.2 Å². The summed E-state index contributed by atoms with van der Waals surface area (Å²) in [6.07, 6.45) is 0.0966. The number of aromatic hydroxyl groups is 1. The van der Waals surface area contributed by atoms with Crippen LogP contribution in [0.1, 0.15) is 61.0 Å². The van der Waals surface area contributed by atoms with Crippen molar-refractivity contribution in [2.24, 2.45) is 11.1 Å². The summed E-state index contributed by atoms with van der Waals surface area (Å²) < 4.78 is 40.3. The molecule has 42 heavy (non-hydrogen) atoms. The van der Waals surface area contributed by atoms with Gasteiger partial charge < -0.3 is 14.8 Å². The van der Waals surface area contributed by atoms with Crippen LogP contribution < -0.4 is 0 Å². The Labute approximate surface area is 251 Å². The molecule has 224 valence electrons. The zero-order valence-electron chi connectivity index (χ0n) is 23.6. The number of hydrogen-bond acceptors (Lipinski definition) is 6. The number of pyridine rings is 1. The van der Waals surface area contributed by atoms with Crippen molar-refractivity contribution in [1.29, 1.82) is 0 Å². The fourth-order valence-electron chi connectivity index (χ4n) is 6.00. The quantitative estimate of drug-likeness (QED) is 0.234. The van der Waals surface area contributed by atoms with Crippen molar-refractivity contribution in [2.75, 3.05) is 32.8 Å². The predicted octanol–water partition coefficient (Wildman–Crippen LogP) is 6.87. The van der Waals surface area contributed by atoms with E-state index in [1.54, 1.807) is 4.90 Å². The second-order valence-corrected chi connectivity index (χ2v) is 12.1. The van der Waals surface area contributed by atoms with Crippen molar-refractivity contribution in [1.82, 2.24) is 14.8 Å². The number of fused-ring (bicyclic) bond motifs is 1. The highest BCUT2D eigenvalue weighted by Crippen LogP contribution is 2.37. The number of piperidine rings is 2. The first-order chi connectivity index (χ1) is 20.0. The molecule has 2 aliphatic rings. The first-order valence-electron chi connectivity index (χ1n) is 14.2. The summed E-state index contributed by atoms with van der Waals surface area (Å²) in [6.45, 7) is 7.52. The molecular weight excluding hydrogens is 613 g/mol. The van der Waals surface area contributed by atoms with Crippen LogP contribution in [0.2, 0.25) is 0 Å². The number of hydrogen-bond donors (Lipinski definition) is 1. The number of benzene rings is 2. The zero-order valence-corrected chi connectivity index (χ0v) is 25.2. The van der Waals surface area contributed by atoms with Gasteiger partial charge in [0.05, 0.1) is 16.8 Å². The molecule has 2 fully saturated rings. The van der Waals surface area contributed by atoms with E-state index in [0.717, 1.165) is 72.7 Å². The Hall–Kier alpha value is -3.18. The Morgan fingerprint density at radius 1 is 1.12 bits per heavy atom. The van der Waals surface area contributed by atoms with Gasteiger partial charge >= 0.3 is 6.18 Å². The summed E-state index contributed by atoms with van der Waals surface area (Å²) in [5.74, 6) is -0.423. The minimum Gasteiger partial charge on any atom is -0.506 e. The first-order valence-corrected chi connectivity index (χ1v) is 15.0. The molecule has 0 bridgehead atoms. The van der Waals surface area contributed by atoms with Crippen LogP contribution in [-0.2, 0) is 11.0 Å². The third-order valence-electron chi connectivity index (χ3n) is 8.60. The Morgan fingerprint density at radius 2 is 1.79 bits per heavy atom. The van der Waals surface area contributed by atoms with Crippen molar-refractivity contribution in [2.45, 2.75) is 51.2 Å². The molecule has 0 spiro atoms. The molecule has 0 saturated carbocycles. The third kappa shape index (κ3) is 6.27. The molecule has 3 aromatic rings. The SMILES string of the molecule is CCON=C(c1ccc(Br)cc1)C1CCN(C2(C)CCN(C(=O)c3cnc4cc(C(F)(F)F)ccc4c3O)CC2)CC1. The molecule has 3 heterocycles. The van der Waals surface area contributed by atoms with Gasteiger partial charge in [-0.25, -0.2) is 0 Å². The predicted molar refractivity (Wildman–Crippen MR) is 159 cm³/mol. The van der Waals surface area contributed by atoms with Crippen LogP contribution in [0.4, 0.5) is 13.2 Å². The fraction of sp³-hybridized carbons (Fsp3) is 0.452. The minimum absolute atomic E-state index is 0.000678. The summed E-state index contributed by atoms with van der Waals surface area (Å²) in [5.41, 5.74) is 1.10. The van der Waals surface area contributed by atoms with Crippen molar-refractivity contribution < 1.29 is 27.9 Å². The van der Waals surface area contributed by atoms with Crippen molar-refractivity contribution in [3.05, 3.63) is 69.8 Å². The van der Waals surface area contributed by atoms with E-state index in [0.29, 0.717) is 19.7 Å². The summed E-state index contributed by atoms with van der Waals surface area (Å²) in [4.78, 5) is 27.1. The van der Waals surface area contributed by atoms with Crippen LogP contribution in [-0.4, -0.2) is 69.8 Å². The van der Waals surface area contributed by atoms with Gasteiger partial charge in [-0.05, 0) is 88.5 Å². The number of likely N-dealkylation sites (tertiary alicyclic amines) is 2. The van der Waals surface area contributed by atoms with Gasteiger partial charge in [-0.1, -0.05) is 33.2 Å². The Bertz CT molecular complexity index is 1460. The maximum atomic E-state index is 13.3. The second-order valence-electron chi connectivity index (χ2n) is 11.2. The monoisotopic (exact) mass is 646 g/mol. The van der Waals surface area contributed by atoms with Gasteiger partial charge in [0.25, 0.3) is 5.91 Å². The molecule has 5 rings (SSSR count). The van der Waals surface area contributed by atoms with Crippen LogP contribution in [0.25, 0.3) is 10.9 Å². The van der Waals surface area contributed by atoms with Crippen molar-refractivity contribution in [3.63, 3.8) is 0 Å². The molecule has 1 amide bonds. The lowest BCUT2D eigenvalue weighted by Gasteiger charge is -2.49. The summed E-state index contributed by atoms with van der Waals surface area (Å²) >= 11 is 3.50. The average Bonchev–Trinajstić information content (AvgIpc) is 2.98. The van der Waals surface area contributed by atoms with Gasteiger partial charge in [0, 0.05) is 40.6 Å². The van der Waals surface area contributed by atoms with Gasteiger partial charge in [-0.3, -0.25) is 14.7 Å². The standard InChI is InChI=1S/C31H34BrF3N4O3/c1-3-42-37-27(20-4-7-23(32)8-5-20)21-10-14-39(15-11-21)30(2)12-16-38(17-13-30)29(41)25-19-36-26-18-22(31(33,34)35)6-9-24(26)28(25)40/h4-9,18-19,21H,3,10-17H2,1-2H3,(H,36,40). The van der Waals surface area contributed by atoms with E-state index < -0.39 is 11.7 Å². The Kier molecular flexibility index (Phi) is 8.80. The number of carbonyl (C=O) groups is 1. The first kappa shape index (κ1) is 30.3. The molecule has 0 radical (unpaired) electrons. The molecule has 2 saturated heterocycles. The molecule has 0 unspecified atom stereocenters. The number of rotatable bonds is 6. The number of alkyl halides is 3. The molecule has 11 heteroatoms. The molecule has 0 atom stereocenters. The van der Waals surface area contributed by atoms with E-state index in [-0.39, 0.29) is 39.6 Å². The normalized spacial score (nSPS) is 18.8. The zero-order chi connectivity index (χ0) is 30.1. The third-order valence-corrected chi connectivity index (χ3v) is 9.13. The maximum absolute atomic E-state index is 13.3. The largest absolute Gasteiger partial charge is 0.506 e. The van der Waals surface area contributed by atoms with Gasteiger partial charge in [-0.15, -0.1) is 0 Å². The van der Waals surface area contributed by atoms with E-state index in [1.807, 2.05) is 19.1 Å². The highest BCUT2D eigenvalue weighted by atomic mass is 79.9. The molecule has 7 nitrogen and oxygen atoms in total. The van der Waals surface area contributed by atoms with Crippen LogP contribution in [0.15, 0.2) is 58.3 Å². The molecule has 2 aromatic carbocycles. The molecule has 0 aliphatic carbocycles. The summed E-state index contributed by atoms with van der Waals surface area (Å²) in [6, 6.07) is 11.1. The Morgan fingerprint density at radius 3 is 2.40 bits per heavy atom. The summed E-state index contributed by atoms with van der Waals surface area (Å²) in [5, 5.41) is 15.4. The van der Waals surface area contributed by atoms with E-state index >= 15 is 0 Å². The molecule has 1 N–H and O–H groups in total. The lowest BCUT2D eigenvalue weighted by Crippen LogP contribution is -2.56. The number of carbonyl (C=O) groups excluding carboxylic acids is 1. The van der Waals surface area contributed by atoms with E-state index in [1.165, 1.54) is 6.20 Å². The highest BCUT2D eigenvalue weighted by molar-refractivity contribution is 9.10. The maximum Gasteiger partial charge on any atom is 0.416 e. The smallest absolute Gasteiger partial charge is 0.416 e. The van der Waals surface area contributed by atoms with Gasteiger partial charge in [0.2, 0.25) is 0 Å². The van der Waals surface area contributed by atoms with Crippen LogP contribution in [0.5, 0.6) is 5.75 Å². The molecule has 1 aromatic heterocycles. The summed E-state index contributed by atoms with van der Waals surface area (Å²) in [7, 11) is 0. The molecule has 2 aliphatic heterocycles. The minimum atomic E-state index is -4.52.